The molecule has 0 fully saturated rings. The zero-order chi connectivity index (χ0) is 33.6. The molecule has 3 aromatic carbocycles. The third kappa shape index (κ3) is 8.69. The number of halogens is 4. The number of aromatic amines is 1. The van der Waals surface area contributed by atoms with Gasteiger partial charge in [0.05, 0.1) is 18.6 Å². The van der Waals surface area contributed by atoms with Crippen molar-refractivity contribution in [3.8, 4) is 17.2 Å². The summed E-state index contributed by atoms with van der Waals surface area (Å²) in [5.74, 6) is -1.63. The fourth-order valence-electron chi connectivity index (χ4n) is 4.80. The first-order chi connectivity index (χ1) is 21.7. The molecule has 0 saturated heterocycles. The number of anilines is 1. The molecular weight excluding hydrogens is 632 g/mol. The van der Waals surface area contributed by atoms with Gasteiger partial charge in [-0.15, -0.1) is 13.2 Å². The summed E-state index contributed by atoms with van der Waals surface area (Å²) in [6.45, 7) is 4.31. The van der Waals surface area contributed by atoms with Crippen LogP contribution in [0.5, 0.6) is 17.2 Å². The molecule has 1 heterocycles. The SMILES string of the molecule is CCCCOCCOc1cc(F)ccc1C(Nc1cc(OC)cc(S(C)(=O)=O)c1)C(=O)c1c[nH]c2c(C)cc(OC(F)(F)F)cc12. The van der Waals surface area contributed by atoms with E-state index in [1.807, 2.05) is 6.92 Å². The molecule has 0 aliphatic rings. The number of alkyl halides is 3. The molecule has 0 aliphatic heterocycles. The lowest BCUT2D eigenvalue weighted by Crippen LogP contribution is -2.23. The Balaban J connectivity index is 1.83. The lowest BCUT2D eigenvalue weighted by Gasteiger charge is -2.23. The number of carbonyl (C=O) groups is 1. The number of benzene rings is 3. The van der Waals surface area contributed by atoms with Gasteiger partial charge in [-0.05, 0) is 55.3 Å². The lowest BCUT2D eigenvalue weighted by molar-refractivity contribution is -0.274. The fraction of sp³-hybridized carbons (Fsp3) is 0.344. The monoisotopic (exact) mass is 666 g/mol. The van der Waals surface area contributed by atoms with Gasteiger partial charge in [-0.2, -0.15) is 0 Å². The third-order valence-electron chi connectivity index (χ3n) is 6.99. The van der Waals surface area contributed by atoms with E-state index < -0.39 is 39.6 Å². The quantitative estimate of drug-likeness (QED) is 0.0781. The molecule has 1 unspecified atom stereocenters. The van der Waals surface area contributed by atoms with Crippen LogP contribution in [0.4, 0.5) is 23.2 Å². The number of fused-ring (bicyclic) bond motifs is 1. The second kappa shape index (κ2) is 14.4. The predicted molar refractivity (Wildman–Crippen MR) is 164 cm³/mol. The first kappa shape index (κ1) is 34.6. The summed E-state index contributed by atoms with van der Waals surface area (Å²) < 4.78 is 99.4. The summed E-state index contributed by atoms with van der Waals surface area (Å²) in [4.78, 5) is 17.2. The van der Waals surface area contributed by atoms with Crippen LogP contribution in [-0.2, 0) is 14.6 Å². The Morgan fingerprint density at radius 1 is 1.02 bits per heavy atom. The van der Waals surface area contributed by atoms with Gasteiger partial charge in [0, 0.05) is 58.9 Å². The van der Waals surface area contributed by atoms with E-state index >= 15 is 0 Å². The molecule has 0 bridgehead atoms. The van der Waals surface area contributed by atoms with Gasteiger partial charge >= 0.3 is 6.36 Å². The normalized spacial score (nSPS) is 12.6. The van der Waals surface area contributed by atoms with Crippen molar-refractivity contribution in [3.05, 3.63) is 77.2 Å². The maximum absolute atomic E-state index is 14.5. The van der Waals surface area contributed by atoms with E-state index in [1.54, 1.807) is 6.92 Å². The summed E-state index contributed by atoms with van der Waals surface area (Å²) in [5, 5.41) is 3.17. The fourth-order valence-corrected chi connectivity index (χ4v) is 5.47. The lowest BCUT2D eigenvalue weighted by atomic mass is 9.95. The molecule has 9 nitrogen and oxygen atoms in total. The summed E-state index contributed by atoms with van der Waals surface area (Å²) in [5.41, 5.74) is 1.12. The van der Waals surface area contributed by atoms with Crippen LogP contribution in [0, 0.1) is 12.7 Å². The van der Waals surface area contributed by atoms with Gasteiger partial charge in [0.1, 0.15) is 35.7 Å². The van der Waals surface area contributed by atoms with Crippen LogP contribution in [0.25, 0.3) is 10.9 Å². The molecule has 4 rings (SSSR count). The van der Waals surface area contributed by atoms with Crippen molar-refractivity contribution >= 4 is 32.2 Å². The van der Waals surface area contributed by atoms with E-state index in [0.717, 1.165) is 37.3 Å². The minimum absolute atomic E-state index is 0.00682. The molecule has 2 N–H and O–H groups in total. The topological polar surface area (TPSA) is 116 Å². The molecule has 1 atom stereocenters. The molecule has 14 heteroatoms. The van der Waals surface area contributed by atoms with Gasteiger partial charge in [-0.3, -0.25) is 4.79 Å². The number of methoxy groups -OCH3 is 1. The van der Waals surface area contributed by atoms with Crippen LogP contribution in [0.3, 0.4) is 0 Å². The molecule has 46 heavy (non-hydrogen) atoms. The average molecular weight is 667 g/mol. The molecule has 0 spiro atoms. The summed E-state index contributed by atoms with van der Waals surface area (Å²) in [7, 11) is -2.37. The number of aromatic nitrogens is 1. The van der Waals surface area contributed by atoms with E-state index in [2.05, 4.69) is 15.0 Å². The largest absolute Gasteiger partial charge is 0.573 e. The van der Waals surface area contributed by atoms with Crippen molar-refractivity contribution in [2.45, 2.75) is 44.0 Å². The Bertz CT molecular complexity index is 1810. The molecule has 0 amide bonds. The Morgan fingerprint density at radius 2 is 1.78 bits per heavy atom. The van der Waals surface area contributed by atoms with Crippen LogP contribution in [0.15, 0.2) is 59.6 Å². The highest BCUT2D eigenvalue weighted by molar-refractivity contribution is 7.90. The number of nitrogens with one attached hydrogen (secondary N) is 2. The number of hydrogen-bond donors (Lipinski definition) is 2. The van der Waals surface area contributed by atoms with Crippen LogP contribution in [0.2, 0.25) is 0 Å². The number of aryl methyl sites for hydroxylation is 1. The van der Waals surface area contributed by atoms with E-state index in [9.17, 15) is 30.8 Å². The van der Waals surface area contributed by atoms with E-state index in [4.69, 9.17) is 14.2 Å². The molecule has 1 aromatic heterocycles. The maximum atomic E-state index is 14.5. The standard InChI is InChI=1S/C32H34F4N2O7S/c1-5-6-9-43-10-11-44-28-13-20(33)7-8-25(28)30(38-21-14-22(42-3)16-24(15-21)46(4,40)41)31(39)27-18-37-29-19(2)12-23(17-26(27)29)45-32(34,35)36/h7-8,12-18,30,37-38H,5-6,9-11H2,1-4H3. The number of rotatable bonds is 15. The van der Waals surface area contributed by atoms with Gasteiger partial charge in [-0.25, -0.2) is 12.8 Å². The Kier molecular flexibility index (Phi) is 10.8. The third-order valence-corrected chi connectivity index (χ3v) is 8.08. The van der Waals surface area contributed by atoms with Crippen molar-refractivity contribution < 1.29 is 49.7 Å². The van der Waals surface area contributed by atoms with Crippen molar-refractivity contribution in [2.24, 2.45) is 0 Å². The Hall–Kier alpha value is -4.30. The minimum atomic E-state index is -4.96. The van der Waals surface area contributed by atoms with Crippen LogP contribution < -0.4 is 19.5 Å². The zero-order valence-electron chi connectivity index (χ0n) is 25.6. The van der Waals surface area contributed by atoms with Crippen molar-refractivity contribution in [1.29, 1.82) is 0 Å². The zero-order valence-corrected chi connectivity index (χ0v) is 26.4. The second-order valence-corrected chi connectivity index (χ2v) is 12.5. The number of unbranched alkanes of at least 4 members (excludes halogenated alkanes) is 1. The van der Waals surface area contributed by atoms with Crippen molar-refractivity contribution in [1.82, 2.24) is 4.98 Å². The predicted octanol–water partition coefficient (Wildman–Crippen LogP) is 7.16. The van der Waals surface area contributed by atoms with Crippen LogP contribution >= 0.6 is 0 Å². The summed E-state index contributed by atoms with van der Waals surface area (Å²) in [6, 6.07) is 8.60. The molecule has 248 valence electrons. The summed E-state index contributed by atoms with van der Waals surface area (Å²) in [6.07, 6.45) is -0.813. The molecule has 0 radical (unpaired) electrons. The number of carbonyl (C=O) groups excluding carboxylic acids is 1. The molecule has 0 aliphatic carbocycles. The van der Waals surface area contributed by atoms with E-state index in [-0.39, 0.29) is 51.8 Å². The van der Waals surface area contributed by atoms with Gasteiger partial charge in [0.15, 0.2) is 15.6 Å². The van der Waals surface area contributed by atoms with Gasteiger partial charge < -0.3 is 29.2 Å². The highest BCUT2D eigenvalue weighted by Gasteiger charge is 2.33. The number of ether oxygens (including phenoxy) is 4. The Morgan fingerprint density at radius 3 is 2.46 bits per heavy atom. The number of sulfone groups is 1. The van der Waals surface area contributed by atoms with E-state index in [1.165, 1.54) is 43.6 Å². The molecule has 0 saturated carbocycles. The van der Waals surface area contributed by atoms with Gasteiger partial charge in [0.2, 0.25) is 0 Å². The first-order valence-electron chi connectivity index (χ1n) is 14.3. The number of hydrogen-bond acceptors (Lipinski definition) is 8. The van der Waals surface area contributed by atoms with Gasteiger partial charge in [-0.1, -0.05) is 13.3 Å². The van der Waals surface area contributed by atoms with E-state index in [0.29, 0.717) is 17.7 Å². The number of ketones is 1. The molecule has 4 aromatic rings. The van der Waals surface area contributed by atoms with Crippen LogP contribution in [0.1, 0.15) is 47.3 Å². The number of Topliss-reactive ketones (excluding diaryl/α,β-unsaturated/α-hetero) is 1. The summed E-state index contributed by atoms with van der Waals surface area (Å²) >= 11 is 0. The maximum Gasteiger partial charge on any atom is 0.573 e. The van der Waals surface area contributed by atoms with Gasteiger partial charge in [0.25, 0.3) is 0 Å². The highest BCUT2D eigenvalue weighted by Crippen LogP contribution is 2.37. The smallest absolute Gasteiger partial charge is 0.497 e. The Labute approximate surface area is 263 Å². The second-order valence-electron chi connectivity index (χ2n) is 10.5. The van der Waals surface area contributed by atoms with Crippen LogP contribution in [-0.4, -0.2) is 58.7 Å². The highest BCUT2D eigenvalue weighted by atomic mass is 32.2. The number of H-pyrrole nitrogens is 1. The molecular formula is C32H34F4N2O7S. The van der Waals surface area contributed by atoms with Crippen molar-refractivity contribution in [3.63, 3.8) is 0 Å². The first-order valence-corrected chi connectivity index (χ1v) is 16.2. The average Bonchev–Trinajstić information content (AvgIpc) is 3.40. The minimum Gasteiger partial charge on any atom is -0.497 e. The van der Waals surface area contributed by atoms with Crippen molar-refractivity contribution in [2.75, 3.05) is 38.5 Å².